The molecule has 0 bridgehead atoms. The summed E-state index contributed by atoms with van der Waals surface area (Å²) >= 11 is 0. The van der Waals surface area contributed by atoms with Gasteiger partial charge in [0.05, 0.1) is 6.04 Å². The lowest BCUT2D eigenvalue weighted by Gasteiger charge is -2.27. The molecule has 1 aliphatic rings. The highest BCUT2D eigenvalue weighted by Crippen LogP contribution is 2.28. The lowest BCUT2D eigenvalue weighted by molar-refractivity contribution is 0.214. The summed E-state index contributed by atoms with van der Waals surface area (Å²) in [5.41, 5.74) is 4.45. The van der Waals surface area contributed by atoms with Gasteiger partial charge < -0.3 is 15.4 Å². The number of ether oxygens (including phenoxy) is 1. The maximum atomic E-state index is 12.1. The van der Waals surface area contributed by atoms with Gasteiger partial charge in [-0.2, -0.15) is 0 Å². The Bertz CT molecular complexity index is 730. The van der Waals surface area contributed by atoms with Gasteiger partial charge in [0, 0.05) is 18.4 Å². The Labute approximate surface area is 142 Å². The summed E-state index contributed by atoms with van der Waals surface area (Å²) in [6.45, 7) is 5.11. The number of aryl methyl sites for hydroxylation is 2. The van der Waals surface area contributed by atoms with Gasteiger partial charge in [-0.1, -0.05) is 24.3 Å². The number of hydrogen-bond donors (Lipinski definition) is 2. The number of hydrogen-bond acceptors (Lipinski definition) is 3. The van der Waals surface area contributed by atoms with Crippen molar-refractivity contribution in [3.8, 4) is 5.75 Å². The first-order chi connectivity index (χ1) is 11.6. The van der Waals surface area contributed by atoms with Crippen LogP contribution in [0.15, 0.2) is 36.5 Å². The lowest BCUT2D eigenvalue weighted by Crippen LogP contribution is -2.47. The average molecular weight is 325 g/mol. The van der Waals surface area contributed by atoms with Crippen LogP contribution in [0.3, 0.4) is 0 Å². The van der Waals surface area contributed by atoms with E-state index in [1.165, 1.54) is 0 Å². The minimum atomic E-state index is -0.152. The predicted molar refractivity (Wildman–Crippen MR) is 93.4 cm³/mol. The number of benzene rings is 1. The van der Waals surface area contributed by atoms with E-state index in [-0.39, 0.29) is 12.1 Å². The van der Waals surface area contributed by atoms with E-state index in [0.29, 0.717) is 13.2 Å². The second-order valence-corrected chi connectivity index (χ2v) is 6.17. The van der Waals surface area contributed by atoms with Gasteiger partial charge in [0.2, 0.25) is 0 Å². The number of carbonyl (C=O) groups is 1. The summed E-state index contributed by atoms with van der Waals surface area (Å²) in [5, 5.41) is 5.90. The molecule has 2 amide bonds. The van der Waals surface area contributed by atoms with Crippen molar-refractivity contribution in [2.45, 2.75) is 32.7 Å². The Morgan fingerprint density at radius 3 is 3.00 bits per heavy atom. The number of nitrogens with zero attached hydrogens (tertiary/aromatic N) is 1. The summed E-state index contributed by atoms with van der Waals surface area (Å²) in [6, 6.07) is 9.92. The largest absolute Gasteiger partial charge is 0.491 e. The summed E-state index contributed by atoms with van der Waals surface area (Å²) in [7, 11) is 0. The monoisotopic (exact) mass is 325 g/mol. The number of rotatable bonds is 4. The van der Waals surface area contributed by atoms with Crippen molar-refractivity contribution in [2.24, 2.45) is 0 Å². The van der Waals surface area contributed by atoms with Crippen molar-refractivity contribution in [1.29, 1.82) is 0 Å². The maximum absolute atomic E-state index is 12.1. The van der Waals surface area contributed by atoms with E-state index < -0.39 is 0 Å². The van der Waals surface area contributed by atoms with Crippen molar-refractivity contribution < 1.29 is 9.53 Å². The zero-order valence-electron chi connectivity index (χ0n) is 14.1. The van der Waals surface area contributed by atoms with Crippen molar-refractivity contribution in [3.63, 3.8) is 0 Å². The van der Waals surface area contributed by atoms with E-state index in [1.807, 2.05) is 38.1 Å². The second-order valence-electron chi connectivity index (χ2n) is 6.17. The maximum Gasteiger partial charge on any atom is 0.315 e. The third kappa shape index (κ3) is 3.85. The molecule has 2 aromatic rings. The molecule has 1 aliphatic heterocycles. The molecule has 1 aromatic carbocycles. The molecule has 0 aliphatic carbocycles. The lowest BCUT2D eigenvalue weighted by atomic mass is 10.0. The van der Waals surface area contributed by atoms with Gasteiger partial charge in [-0.15, -0.1) is 0 Å². The van der Waals surface area contributed by atoms with Crippen LogP contribution in [0.25, 0.3) is 0 Å². The topological polar surface area (TPSA) is 63.2 Å². The first-order valence-corrected chi connectivity index (χ1v) is 8.29. The van der Waals surface area contributed by atoms with Gasteiger partial charge in [0.15, 0.2) is 0 Å². The molecule has 0 radical (unpaired) electrons. The fourth-order valence-corrected chi connectivity index (χ4v) is 3.01. The molecular formula is C19H23N3O2. The number of pyridine rings is 1. The van der Waals surface area contributed by atoms with Crippen LogP contribution in [-0.4, -0.2) is 30.2 Å². The minimum absolute atomic E-state index is 0.000530. The van der Waals surface area contributed by atoms with Crippen LogP contribution in [0.2, 0.25) is 0 Å². The zero-order valence-corrected chi connectivity index (χ0v) is 14.1. The fourth-order valence-electron chi connectivity index (χ4n) is 3.01. The van der Waals surface area contributed by atoms with Crippen LogP contribution < -0.4 is 15.4 Å². The predicted octanol–water partition coefficient (Wildman–Crippen LogP) is 2.54. The van der Waals surface area contributed by atoms with Gasteiger partial charge in [-0.05, 0) is 49.4 Å². The van der Waals surface area contributed by atoms with Crippen molar-refractivity contribution >= 4 is 6.03 Å². The van der Waals surface area contributed by atoms with Gasteiger partial charge in [-0.3, -0.25) is 4.98 Å². The number of amides is 2. The quantitative estimate of drug-likeness (QED) is 0.908. The van der Waals surface area contributed by atoms with Crippen molar-refractivity contribution in [2.75, 3.05) is 13.2 Å². The number of fused-ring (bicyclic) bond motifs is 1. The van der Waals surface area contributed by atoms with Crippen molar-refractivity contribution in [3.05, 3.63) is 58.9 Å². The molecule has 126 valence electrons. The van der Waals surface area contributed by atoms with Gasteiger partial charge >= 0.3 is 6.03 Å². The van der Waals surface area contributed by atoms with Crippen LogP contribution in [0, 0.1) is 13.8 Å². The zero-order chi connectivity index (χ0) is 16.9. The SMILES string of the molecule is Cc1cccc2c1OCC(NC(=O)NCCc1cccnc1C)C2. The molecule has 0 spiro atoms. The summed E-state index contributed by atoms with van der Waals surface area (Å²) in [6.07, 6.45) is 3.35. The molecular weight excluding hydrogens is 302 g/mol. The Morgan fingerprint density at radius 1 is 1.29 bits per heavy atom. The second kappa shape index (κ2) is 7.34. The molecule has 2 N–H and O–H groups in total. The fraction of sp³-hybridized carbons (Fsp3) is 0.368. The van der Waals surface area contributed by atoms with Crippen LogP contribution in [0.1, 0.15) is 22.4 Å². The third-order valence-corrected chi connectivity index (χ3v) is 4.32. The van der Waals surface area contributed by atoms with Crippen LogP contribution in [-0.2, 0) is 12.8 Å². The summed E-state index contributed by atoms with van der Waals surface area (Å²) in [4.78, 5) is 16.3. The molecule has 0 saturated carbocycles. The standard InChI is InChI=1S/C19H23N3O2/c1-13-5-3-6-16-11-17(12-24-18(13)16)22-19(23)21-10-8-15-7-4-9-20-14(15)2/h3-7,9,17H,8,10-12H2,1-2H3,(H2,21,22,23). The molecule has 1 aromatic heterocycles. The van der Waals surface area contributed by atoms with Gasteiger partial charge in [0.25, 0.3) is 0 Å². The van der Waals surface area contributed by atoms with E-state index in [4.69, 9.17) is 4.74 Å². The van der Waals surface area contributed by atoms with E-state index in [0.717, 1.165) is 41.0 Å². The number of urea groups is 1. The number of nitrogens with one attached hydrogen (secondary N) is 2. The molecule has 1 atom stereocenters. The minimum Gasteiger partial charge on any atom is -0.491 e. The van der Waals surface area contributed by atoms with E-state index in [1.54, 1.807) is 6.20 Å². The number of carbonyl (C=O) groups excluding carboxylic acids is 1. The van der Waals surface area contributed by atoms with E-state index >= 15 is 0 Å². The molecule has 0 fully saturated rings. The molecule has 2 heterocycles. The molecule has 1 unspecified atom stereocenters. The van der Waals surface area contributed by atoms with E-state index in [2.05, 4.69) is 21.7 Å². The Morgan fingerprint density at radius 2 is 2.17 bits per heavy atom. The average Bonchev–Trinajstić information content (AvgIpc) is 2.57. The molecule has 5 nitrogen and oxygen atoms in total. The highest BCUT2D eigenvalue weighted by atomic mass is 16.5. The Hall–Kier alpha value is -2.56. The van der Waals surface area contributed by atoms with Crippen LogP contribution in [0.5, 0.6) is 5.75 Å². The molecule has 3 rings (SSSR count). The van der Waals surface area contributed by atoms with Gasteiger partial charge in [-0.25, -0.2) is 4.79 Å². The first-order valence-electron chi connectivity index (χ1n) is 8.29. The van der Waals surface area contributed by atoms with Crippen LogP contribution in [0.4, 0.5) is 4.79 Å². The molecule has 24 heavy (non-hydrogen) atoms. The Kier molecular flexibility index (Phi) is 4.99. The van der Waals surface area contributed by atoms with E-state index in [9.17, 15) is 4.79 Å². The normalized spacial score (nSPS) is 16.0. The summed E-state index contributed by atoms with van der Waals surface area (Å²) < 4.78 is 5.81. The summed E-state index contributed by atoms with van der Waals surface area (Å²) in [5.74, 6) is 0.961. The highest BCUT2D eigenvalue weighted by molar-refractivity contribution is 5.74. The van der Waals surface area contributed by atoms with Crippen molar-refractivity contribution in [1.82, 2.24) is 15.6 Å². The Balaban J connectivity index is 1.47. The number of para-hydroxylation sites is 1. The van der Waals surface area contributed by atoms with Crippen LogP contribution >= 0.6 is 0 Å². The first kappa shape index (κ1) is 16.3. The third-order valence-electron chi connectivity index (χ3n) is 4.32. The smallest absolute Gasteiger partial charge is 0.315 e. The highest BCUT2D eigenvalue weighted by Gasteiger charge is 2.22. The molecule has 5 heteroatoms. The van der Waals surface area contributed by atoms with Gasteiger partial charge in [0.1, 0.15) is 12.4 Å². The number of aromatic nitrogens is 1. The molecule has 0 saturated heterocycles.